The molecule has 0 saturated carbocycles. The lowest BCUT2D eigenvalue weighted by Gasteiger charge is -2.26. The standard InChI is InChI=1S/C25H40N6O7/c1-14(2)21(28)24(36)31-19(13-15-6-8-16(32)9-7-15)23(35)29-17(5-3-4-12-26)22(34)30-18(25(37)38)10-11-20(27)33/h6-9,14,17-19,21,32H,3-5,10-13,26,28H2,1-2H3,(H2,27,33)(H,29,35)(H,30,34)(H,31,36)(H,37,38). The molecule has 0 heterocycles. The second-order valence-electron chi connectivity index (χ2n) is 9.45. The number of nitrogens with one attached hydrogen (secondary N) is 3. The third kappa shape index (κ3) is 11.6. The van der Waals surface area contributed by atoms with Crippen LogP contribution in [0.5, 0.6) is 5.75 Å². The van der Waals surface area contributed by atoms with Crippen molar-refractivity contribution in [2.45, 2.75) is 76.5 Å². The molecule has 13 nitrogen and oxygen atoms in total. The highest BCUT2D eigenvalue weighted by Gasteiger charge is 2.31. The molecule has 0 spiro atoms. The summed E-state index contributed by atoms with van der Waals surface area (Å²) < 4.78 is 0. The van der Waals surface area contributed by atoms with Gasteiger partial charge in [-0.1, -0.05) is 26.0 Å². The Bertz CT molecular complexity index is 954. The normalized spacial score (nSPS) is 14.1. The first kappa shape index (κ1) is 32.3. The molecule has 13 heteroatoms. The molecule has 0 aromatic heterocycles. The maximum Gasteiger partial charge on any atom is 0.326 e. The number of unbranched alkanes of at least 4 members (excludes halogenated alkanes) is 1. The van der Waals surface area contributed by atoms with Gasteiger partial charge in [0.2, 0.25) is 23.6 Å². The van der Waals surface area contributed by atoms with Crippen molar-refractivity contribution in [1.29, 1.82) is 0 Å². The van der Waals surface area contributed by atoms with Crippen molar-refractivity contribution in [3.8, 4) is 5.75 Å². The number of rotatable bonds is 17. The Balaban J connectivity index is 3.13. The Morgan fingerprint density at radius 3 is 1.92 bits per heavy atom. The quantitative estimate of drug-likeness (QED) is 0.112. The van der Waals surface area contributed by atoms with E-state index >= 15 is 0 Å². The number of hydrogen-bond donors (Lipinski definition) is 8. The Morgan fingerprint density at radius 1 is 0.842 bits per heavy atom. The van der Waals surface area contributed by atoms with E-state index in [2.05, 4.69) is 16.0 Å². The summed E-state index contributed by atoms with van der Waals surface area (Å²) in [5.41, 5.74) is 17.2. The van der Waals surface area contributed by atoms with Crippen LogP contribution in [0.2, 0.25) is 0 Å². The minimum absolute atomic E-state index is 0.0292. The number of aromatic hydroxyl groups is 1. The molecule has 4 amide bonds. The Labute approximate surface area is 221 Å². The van der Waals surface area contributed by atoms with Gasteiger partial charge in [-0.15, -0.1) is 0 Å². The summed E-state index contributed by atoms with van der Waals surface area (Å²) in [6.07, 6.45) is 0.741. The van der Waals surface area contributed by atoms with E-state index in [1.54, 1.807) is 26.0 Å². The minimum atomic E-state index is -1.39. The molecule has 0 radical (unpaired) electrons. The van der Waals surface area contributed by atoms with Crippen LogP contribution < -0.4 is 33.2 Å². The summed E-state index contributed by atoms with van der Waals surface area (Å²) in [5.74, 6) is -4.24. The zero-order chi connectivity index (χ0) is 28.8. The Hall–Kier alpha value is -3.71. The molecule has 212 valence electrons. The zero-order valence-corrected chi connectivity index (χ0v) is 21.8. The van der Waals surface area contributed by atoms with E-state index < -0.39 is 53.8 Å². The maximum atomic E-state index is 13.3. The van der Waals surface area contributed by atoms with Crippen LogP contribution in [0.3, 0.4) is 0 Å². The second kappa shape index (κ2) is 16.2. The molecular formula is C25H40N6O7. The number of primary amides is 1. The first-order valence-corrected chi connectivity index (χ1v) is 12.5. The molecule has 0 aliphatic rings. The molecular weight excluding hydrogens is 496 g/mol. The molecule has 38 heavy (non-hydrogen) atoms. The van der Waals surface area contributed by atoms with Crippen molar-refractivity contribution in [2.75, 3.05) is 6.54 Å². The molecule has 1 aromatic rings. The third-order valence-corrected chi connectivity index (χ3v) is 5.90. The number of carboxylic acid groups (broad SMARTS) is 1. The smallest absolute Gasteiger partial charge is 0.326 e. The number of nitrogens with two attached hydrogens (primary N) is 3. The van der Waals surface area contributed by atoms with Crippen LogP contribution in [-0.4, -0.2) is 70.5 Å². The summed E-state index contributed by atoms with van der Waals surface area (Å²) in [4.78, 5) is 61.7. The number of amides is 4. The third-order valence-electron chi connectivity index (χ3n) is 5.90. The topological polar surface area (TPSA) is 240 Å². The van der Waals surface area contributed by atoms with E-state index in [0.29, 0.717) is 24.9 Å². The lowest BCUT2D eigenvalue weighted by Crippen LogP contribution is -2.58. The van der Waals surface area contributed by atoms with Gasteiger partial charge < -0.3 is 43.4 Å². The Kier molecular flexibility index (Phi) is 13.8. The largest absolute Gasteiger partial charge is 0.508 e. The van der Waals surface area contributed by atoms with Gasteiger partial charge in [0, 0.05) is 12.8 Å². The number of phenolic OH excluding ortho intramolecular Hbond substituents is 1. The monoisotopic (exact) mass is 536 g/mol. The van der Waals surface area contributed by atoms with Gasteiger partial charge in [-0.2, -0.15) is 0 Å². The van der Waals surface area contributed by atoms with Crippen molar-refractivity contribution in [1.82, 2.24) is 16.0 Å². The summed E-state index contributed by atoms with van der Waals surface area (Å²) in [7, 11) is 0. The molecule has 0 aliphatic carbocycles. The van der Waals surface area contributed by atoms with E-state index in [4.69, 9.17) is 17.2 Å². The molecule has 4 atom stereocenters. The zero-order valence-electron chi connectivity index (χ0n) is 21.8. The fourth-order valence-electron chi connectivity index (χ4n) is 3.50. The summed E-state index contributed by atoms with van der Waals surface area (Å²) >= 11 is 0. The summed E-state index contributed by atoms with van der Waals surface area (Å²) in [5, 5.41) is 26.6. The van der Waals surface area contributed by atoms with Gasteiger partial charge in [0.1, 0.15) is 23.9 Å². The van der Waals surface area contributed by atoms with Gasteiger partial charge in [-0.3, -0.25) is 19.2 Å². The van der Waals surface area contributed by atoms with Crippen molar-refractivity contribution < 1.29 is 34.2 Å². The van der Waals surface area contributed by atoms with Crippen molar-refractivity contribution in [2.24, 2.45) is 23.1 Å². The molecule has 0 aliphatic heterocycles. The lowest BCUT2D eigenvalue weighted by atomic mass is 10.0. The molecule has 0 fully saturated rings. The predicted molar refractivity (Wildman–Crippen MR) is 139 cm³/mol. The number of phenols is 1. The number of benzene rings is 1. The Morgan fingerprint density at radius 2 is 1.39 bits per heavy atom. The van der Waals surface area contributed by atoms with Crippen LogP contribution in [0.1, 0.15) is 51.5 Å². The molecule has 0 bridgehead atoms. The fraction of sp³-hybridized carbons (Fsp3) is 0.560. The molecule has 1 rings (SSSR count). The number of carboxylic acids is 1. The average Bonchev–Trinajstić information content (AvgIpc) is 2.85. The van der Waals surface area contributed by atoms with Crippen LogP contribution in [0.25, 0.3) is 0 Å². The van der Waals surface area contributed by atoms with E-state index in [1.807, 2.05) is 0 Å². The first-order valence-electron chi connectivity index (χ1n) is 12.5. The van der Waals surface area contributed by atoms with Gasteiger partial charge in [0.25, 0.3) is 0 Å². The van der Waals surface area contributed by atoms with Gasteiger partial charge in [-0.25, -0.2) is 4.79 Å². The highest BCUT2D eigenvalue weighted by Crippen LogP contribution is 2.13. The summed E-state index contributed by atoms with van der Waals surface area (Å²) in [6, 6.07) is 1.53. The van der Waals surface area contributed by atoms with Gasteiger partial charge in [-0.05, 0) is 55.8 Å². The van der Waals surface area contributed by atoms with Crippen LogP contribution in [0.15, 0.2) is 24.3 Å². The lowest BCUT2D eigenvalue weighted by molar-refractivity contribution is -0.142. The molecule has 4 unspecified atom stereocenters. The van der Waals surface area contributed by atoms with Crippen molar-refractivity contribution in [3.05, 3.63) is 29.8 Å². The average molecular weight is 537 g/mol. The van der Waals surface area contributed by atoms with Gasteiger partial charge in [0.15, 0.2) is 0 Å². The van der Waals surface area contributed by atoms with Crippen molar-refractivity contribution >= 4 is 29.6 Å². The van der Waals surface area contributed by atoms with Crippen LogP contribution in [-0.2, 0) is 30.4 Å². The van der Waals surface area contributed by atoms with Gasteiger partial charge >= 0.3 is 5.97 Å². The number of carbonyl (C=O) groups is 5. The van der Waals surface area contributed by atoms with E-state index in [1.165, 1.54) is 12.1 Å². The second-order valence-corrected chi connectivity index (χ2v) is 9.45. The van der Waals surface area contributed by atoms with E-state index in [-0.39, 0.29) is 37.4 Å². The minimum Gasteiger partial charge on any atom is -0.508 e. The number of carbonyl (C=O) groups excluding carboxylic acids is 4. The molecule has 11 N–H and O–H groups in total. The van der Waals surface area contributed by atoms with E-state index in [0.717, 1.165) is 0 Å². The van der Waals surface area contributed by atoms with Crippen LogP contribution in [0.4, 0.5) is 0 Å². The fourth-order valence-corrected chi connectivity index (χ4v) is 3.50. The van der Waals surface area contributed by atoms with Crippen LogP contribution >= 0.6 is 0 Å². The molecule has 0 saturated heterocycles. The predicted octanol–water partition coefficient (Wildman–Crippen LogP) is -1.15. The van der Waals surface area contributed by atoms with Crippen LogP contribution in [0, 0.1) is 5.92 Å². The first-order chi connectivity index (χ1) is 17.8. The van der Waals surface area contributed by atoms with Crippen molar-refractivity contribution in [3.63, 3.8) is 0 Å². The SMILES string of the molecule is CC(C)C(N)C(=O)NC(Cc1ccc(O)cc1)C(=O)NC(CCCCN)C(=O)NC(CCC(N)=O)C(=O)O. The number of aliphatic carboxylic acids is 1. The molecule has 1 aromatic carbocycles. The van der Waals surface area contributed by atoms with E-state index in [9.17, 15) is 34.2 Å². The maximum absolute atomic E-state index is 13.3. The summed E-state index contributed by atoms with van der Waals surface area (Å²) in [6.45, 7) is 3.87. The number of hydrogen-bond acceptors (Lipinski definition) is 8. The van der Waals surface area contributed by atoms with Gasteiger partial charge in [0.05, 0.1) is 6.04 Å². The highest BCUT2D eigenvalue weighted by molar-refractivity contribution is 5.94. The highest BCUT2D eigenvalue weighted by atomic mass is 16.4.